The molecule has 3 N–H and O–H groups in total. The highest BCUT2D eigenvalue weighted by Gasteiger charge is 2.19. The third kappa shape index (κ3) is 2.47. The van der Waals surface area contributed by atoms with Crippen molar-refractivity contribution in [3.05, 3.63) is 40.9 Å². The van der Waals surface area contributed by atoms with Crippen molar-refractivity contribution in [2.75, 3.05) is 6.54 Å². The van der Waals surface area contributed by atoms with Gasteiger partial charge in [0.25, 0.3) is 0 Å². The van der Waals surface area contributed by atoms with E-state index in [4.69, 9.17) is 15.6 Å². The summed E-state index contributed by atoms with van der Waals surface area (Å²) in [5.41, 5.74) is 5.36. The van der Waals surface area contributed by atoms with Crippen LogP contribution in [0.4, 0.5) is 0 Å². The van der Waals surface area contributed by atoms with E-state index in [2.05, 4.69) is 15.9 Å². The topological polar surface area (TPSA) is 72.5 Å². The lowest BCUT2D eigenvalue weighted by atomic mass is 10.1. The lowest BCUT2D eigenvalue weighted by Gasteiger charge is -2.15. The van der Waals surface area contributed by atoms with E-state index in [0.717, 1.165) is 15.2 Å². The van der Waals surface area contributed by atoms with Crippen LogP contribution in [-0.4, -0.2) is 23.7 Å². The zero-order valence-electron chi connectivity index (χ0n) is 9.47. The number of ether oxygens (including phenoxy) is 1. The minimum absolute atomic E-state index is 0.0748. The van der Waals surface area contributed by atoms with Gasteiger partial charge < -0.3 is 15.6 Å². The molecule has 0 saturated carbocycles. The number of benzene rings is 2. The standard InChI is InChI=1S/C13H12BrNO3/c14-12-9-4-2-1-3-8(9)5-6-10(12)18-11(7-15)13(16)17/h1-6,11H,7,15H2,(H,16,17). The number of carboxylic acid groups (broad SMARTS) is 1. The quantitative estimate of drug-likeness (QED) is 0.909. The third-order valence-electron chi connectivity index (χ3n) is 2.59. The maximum absolute atomic E-state index is 10.9. The smallest absolute Gasteiger partial charge is 0.346 e. The minimum Gasteiger partial charge on any atom is -0.478 e. The summed E-state index contributed by atoms with van der Waals surface area (Å²) >= 11 is 3.43. The van der Waals surface area contributed by atoms with Gasteiger partial charge in [-0.3, -0.25) is 0 Å². The number of rotatable bonds is 4. The van der Waals surface area contributed by atoms with Gasteiger partial charge in [-0.05, 0) is 32.8 Å². The summed E-state index contributed by atoms with van der Waals surface area (Å²) in [4.78, 5) is 10.9. The van der Waals surface area contributed by atoms with Gasteiger partial charge in [0.2, 0.25) is 6.10 Å². The van der Waals surface area contributed by atoms with E-state index >= 15 is 0 Å². The van der Waals surface area contributed by atoms with Gasteiger partial charge in [0.05, 0.1) is 4.47 Å². The van der Waals surface area contributed by atoms with Crippen molar-refractivity contribution in [2.24, 2.45) is 5.73 Å². The van der Waals surface area contributed by atoms with Crippen LogP contribution in [0, 0.1) is 0 Å². The number of nitrogens with two attached hydrogens (primary N) is 1. The Balaban J connectivity index is 2.40. The van der Waals surface area contributed by atoms with E-state index in [1.54, 1.807) is 6.07 Å². The lowest BCUT2D eigenvalue weighted by molar-refractivity contribution is -0.144. The first-order valence-electron chi connectivity index (χ1n) is 5.40. The first-order chi connectivity index (χ1) is 8.63. The molecule has 0 amide bonds. The fraction of sp³-hybridized carbons (Fsp3) is 0.154. The van der Waals surface area contributed by atoms with Crippen LogP contribution in [0.3, 0.4) is 0 Å². The molecule has 5 heteroatoms. The number of hydrogen-bond acceptors (Lipinski definition) is 3. The van der Waals surface area contributed by atoms with Crippen LogP contribution in [0.2, 0.25) is 0 Å². The molecule has 0 fully saturated rings. The third-order valence-corrected chi connectivity index (χ3v) is 3.40. The largest absolute Gasteiger partial charge is 0.478 e. The summed E-state index contributed by atoms with van der Waals surface area (Å²) in [5.74, 6) is -0.593. The minimum atomic E-state index is -1.07. The van der Waals surface area contributed by atoms with Gasteiger partial charge in [0.15, 0.2) is 0 Å². The molecule has 1 unspecified atom stereocenters. The van der Waals surface area contributed by atoms with Crippen molar-refractivity contribution in [1.29, 1.82) is 0 Å². The van der Waals surface area contributed by atoms with Crippen LogP contribution in [0.1, 0.15) is 0 Å². The van der Waals surface area contributed by atoms with Crippen LogP contribution < -0.4 is 10.5 Å². The second kappa shape index (κ2) is 5.37. The Morgan fingerprint density at radius 2 is 2.06 bits per heavy atom. The van der Waals surface area contributed by atoms with Crippen LogP contribution in [0.15, 0.2) is 40.9 Å². The SMILES string of the molecule is NCC(Oc1ccc2ccccc2c1Br)C(=O)O. The highest BCUT2D eigenvalue weighted by Crippen LogP contribution is 2.33. The molecule has 18 heavy (non-hydrogen) atoms. The van der Waals surface area contributed by atoms with Crippen LogP contribution >= 0.6 is 15.9 Å². The Kier molecular flexibility index (Phi) is 3.84. The molecule has 0 aromatic heterocycles. The first kappa shape index (κ1) is 12.9. The number of carbonyl (C=O) groups is 1. The van der Waals surface area contributed by atoms with Crippen molar-refractivity contribution < 1.29 is 14.6 Å². The van der Waals surface area contributed by atoms with Crippen LogP contribution in [-0.2, 0) is 4.79 Å². The molecule has 0 bridgehead atoms. The Labute approximate surface area is 112 Å². The zero-order valence-corrected chi connectivity index (χ0v) is 11.1. The highest BCUT2D eigenvalue weighted by atomic mass is 79.9. The van der Waals surface area contributed by atoms with Crippen molar-refractivity contribution in [3.8, 4) is 5.75 Å². The van der Waals surface area contributed by atoms with Gasteiger partial charge in [-0.1, -0.05) is 30.3 Å². The maximum atomic E-state index is 10.9. The predicted octanol–water partition coefficient (Wildman–Crippen LogP) is 2.39. The Bertz CT molecular complexity index is 585. The molecule has 0 aliphatic carbocycles. The number of halogens is 1. The molecule has 0 aliphatic rings. The molecule has 0 aliphatic heterocycles. The average Bonchev–Trinajstić information content (AvgIpc) is 2.38. The number of carboxylic acids is 1. The summed E-state index contributed by atoms with van der Waals surface area (Å²) in [7, 11) is 0. The molecule has 1 atom stereocenters. The molecule has 94 valence electrons. The molecule has 2 aromatic carbocycles. The maximum Gasteiger partial charge on any atom is 0.346 e. The van der Waals surface area contributed by atoms with Crippen LogP contribution in [0.25, 0.3) is 10.8 Å². The molecule has 0 radical (unpaired) electrons. The first-order valence-corrected chi connectivity index (χ1v) is 6.19. The van der Waals surface area contributed by atoms with Gasteiger partial charge >= 0.3 is 5.97 Å². The Morgan fingerprint density at radius 1 is 1.33 bits per heavy atom. The Morgan fingerprint density at radius 3 is 2.72 bits per heavy atom. The van der Waals surface area contributed by atoms with Gasteiger partial charge in [-0.25, -0.2) is 4.79 Å². The normalized spacial score (nSPS) is 12.3. The van der Waals surface area contributed by atoms with E-state index in [1.165, 1.54) is 0 Å². The van der Waals surface area contributed by atoms with Crippen molar-refractivity contribution in [2.45, 2.75) is 6.10 Å². The Hall–Kier alpha value is -1.59. The molecule has 2 rings (SSSR count). The van der Waals surface area contributed by atoms with Gasteiger partial charge in [0, 0.05) is 6.54 Å². The molecular weight excluding hydrogens is 298 g/mol. The molecule has 0 spiro atoms. The summed E-state index contributed by atoms with van der Waals surface area (Å²) in [6, 6.07) is 11.4. The van der Waals surface area contributed by atoms with E-state index in [9.17, 15) is 4.79 Å². The molecule has 0 heterocycles. The monoisotopic (exact) mass is 309 g/mol. The van der Waals surface area contributed by atoms with E-state index in [1.807, 2.05) is 30.3 Å². The molecule has 4 nitrogen and oxygen atoms in total. The summed E-state index contributed by atoms with van der Waals surface area (Å²) in [6.45, 7) is -0.0748. The lowest BCUT2D eigenvalue weighted by Crippen LogP contribution is -2.34. The molecule has 2 aromatic rings. The fourth-order valence-electron chi connectivity index (χ4n) is 1.66. The zero-order chi connectivity index (χ0) is 13.1. The summed E-state index contributed by atoms with van der Waals surface area (Å²) in [6.07, 6.45) is -1.04. The van der Waals surface area contributed by atoms with Gasteiger partial charge in [0.1, 0.15) is 5.75 Å². The fourth-order valence-corrected chi connectivity index (χ4v) is 2.24. The summed E-state index contributed by atoms with van der Waals surface area (Å²) < 4.78 is 6.13. The molecule has 0 saturated heterocycles. The predicted molar refractivity (Wildman–Crippen MR) is 72.8 cm³/mol. The second-order valence-corrected chi connectivity index (χ2v) is 4.57. The molecular formula is C13H12BrNO3. The highest BCUT2D eigenvalue weighted by molar-refractivity contribution is 9.10. The van der Waals surface area contributed by atoms with Crippen molar-refractivity contribution in [1.82, 2.24) is 0 Å². The van der Waals surface area contributed by atoms with Gasteiger partial charge in [-0.2, -0.15) is 0 Å². The average molecular weight is 310 g/mol. The van der Waals surface area contributed by atoms with Crippen molar-refractivity contribution >= 4 is 32.7 Å². The summed E-state index contributed by atoms with van der Waals surface area (Å²) in [5, 5.41) is 10.9. The number of aliphatic carboxylic acids is 1. The van der Waals surface area contributed by atoms with Gasteiger partial charge in [-0.15, -0.1) is 0 Å². The van der Waals surface area contributed by atoms with E-state index < -0.39 is 12.1 Å². The van der Waals surface area contributed by atoms with E-state index in [0.29, 0.717) is 5.75 Å². The van der Waals surface area contributed by atoms with Crippen molar-refractivity contribution in [3.63, 3.8) is 0 Å². The number of fused-ring (bicyclic) bond motifs is 1. The van der Waals surface area contributed by atoms with Crippen LogP contribution in [0.5, 0.6) is 5.75 Å². The number of hydrogen-bond donors (Lipinski definition) is 2. The second-order valence-electron chi connectivity index (χ2n) is 3.78. The van der Waals surface area contributed by atoms with E-state index in [-0.39, 0.29) is 6.54 Å².